The highest BCUT2D eigenvalue weighted by Crippen LogP contribution is 2.27. The van der Waals surface area contributed by atoms with Crippen LogP contribution in [0.5, 0.6) is 0 Å². The lowest BCUT2D eigenvalue weighted by atomic mass is 9.90. The lowest BCUT2D eigenvalue weighted by Crippen LogP contribution is -2.22. The molecule has 0 aliphatic carbocycles. The Kier molecular flexibility index (Phi) is 3.73. The van der Waals surface area contributed by atoms with Crippen molar-refractivity contribution in [2.75, 3.05) is 0 Å². The summed E-state index contributed by atoms with van der Waals surface area (Å²) in [5, 5.41) is 15.3. The molecule has 0 saturated carbocycles. The average molecular weight is 265 g/mol. The first kappa shape index (κ1) is 13.1. The monoisotopic (exact) mass is 264 g/mol. The molecule has 96 valence electrons. The van der Waals surface area contributed by atoms with Crippen molar-refractivity contribution in [3.05, 3.63) is 52.8 Å². The van der Waals surface area contributed by atoms with Crippen LogP contribution in [0.1, 0.15) is 24.6 Å². The molecule has 18 heavy (non-hydrogen) atoms. The molecule has 0 aliphatic rings. The van der Waals surface area contributed by atoms with Gasteiger partial charge in [-0.15, -0.1) is 0 Å². The standard InChI is InChI=1S/C14H17ClN2O/c1-14(18,11-4-3-5-12(15)10-11)8-6-13-7-9-16-17(13)2/h3-5,7,9-10,18H,6,8H2,1-2H3. The number of halogens is 1. The minimum atomic E-state index is -0.880. The molecule has 0 amide bonds. The van der Waals surface area contributed by atoms with Gasteiger partial charge in [0.2, 0.25) is 0 Å². The third-order valence-electron chi connectivity index (χ3n) is 3.24. The van der Waals surface area contributed by atoms with Crippen LogP contribution >= 0.6 is 11.6 Å². The highest BCUT2D eigenvalue weighted by atomic mass is 35.5. The predicted molar refractivity (Wildman–Crippen MR) is 72.6 cm³/mol. The van der Waals surface area contributed by atoms with Crippen LogP contribution in [0.2, 0.25) is 5.02 Å². The van der Waals surface area contributed by atoms with Crippen LogP contribution < -0.4 is 0 Å². The van der Waals surface area contributed by atoms with E-state index in [0.717, 1.165) is 17.7 Å². The Morgan fingerprint density at radius 1 is 1.39 bits per heavy atom. The van der Waals surface area contributed by atoms with Gasteiger partial charge in [-0.05, 0) is 43.5 Å². The van der Waals surface area contributed by atoms with Gasteiger partial charge in [-0.1, -0.05) is 23.7 Å². The zero-order valence-corrected chi connectivity index (χ0v) is 11.4. The van der Waals surface area contributed by atoms with E-state index < -0.39 is 5.60 Å². The van der Waals surface area contributed by atoms with Gasteiger partial charge in [-0.25, -0.2) is 0 Å². The van der Waals surface area contributed by atoms with Crippen LogP contribution in [-0.4, -0.2) is 14.9 Å². The molecule has 0 bridgehead atoms. The van der Waals surface area contributed by atoms with E-state index >= 15 is 0 Å². The van der Waals surface area contributed by atoms with E-state index in [-0.39, 0.29) is 0 Å². The van der Waals surface area contributed by atoms with Gasteiger partial charge in [0.25, 0.3) is 0 Å². The summed E-state index contributed by atoms with van der Waals surface area (Å²) in [6.45, 7) is 1.81. The van der Waals surface area contributed by atoms with Crippen LogP contribution in [-0.2, 0) is 19.1 Å². The van der Waals surface area contributed by atoms with Gasteiger partial charge in [-0.2, -0.15) is 5.10 Å². The van der Waals surface area contributed by atoms with Crippen molar-refractivity contribution in [2.45, 2.75) is 25.4 Å². The van der Waals surface area contributed by atoms with Gasteiger partial charge in [0.05, 0.1) is 5.60 Å². The van der Waals surface area contributed by atoms with E-state index in [9.17, 15) is 5.11 Å². The summed E-state index contributed by atoms with van der Waals surface area (Å²) in [5.41, 5.74) is 1.07. The summed E-state index contributed by atoms with van der Waals surface area (Å²) in [7, 11) is 1.91. The molecule has 1 atom stereocenters. The molecule has 1 aromatic heterocycles. The molecule has 0 spiro atoms. The Balaban J connectivity index is 2.10. The highest BCUT2D eigenvalue weighted by molar-refractivity contribution is 6.30. The molecule has 0 radical (unpaired) electrons. The van der Waals surface area contributed by atoms with Gasteiger partial charge in [0.1, 0.15) is 0 Å². The second kappa shape index (κ2) is 5.12. The lowest BCUT2D eigenvalue weighted by molar-refractivity contribution is 0.0476. The van der Waals surface area contributed by atoms with Crippen LogP contribution in [0.15, 0.2) is 36.5 Å². The van der Waals surface area contributed by atoms with Gasteiger partial charge < -0.3 is 5.11 Å². The minimum absolute atomic E-state index is 0.632. The number of aromatic nitrogens is 2. The predicted octanol–water partition coefficient (Wildman–Crippen LogP) is 2.91. The number of hydrogen-bond acceptors (Lipinski definition) is 2. The molecule has 1 N–H and O–H groups in total. The molecule has 2 aromatic rings. The second-order valence-corrected chi connectivity index (χ2v) is 5.17. The first-order valence-electron chi connectivity index (χ1n) is 5.94. The van der Waals surface area contributed by atoms with Crippen molar-refractivity contribution in [3.8, 4) is 0 Å². The van der Waals surface area contributed by atoms with Crippen molar-refractivity contribution < 1.29 is 5.11 Å². The zero-order chi connectivity index (χ0) is 13.2. The summed E-state index contributed by atoms with van der Waals surface area (Å²) in [5.74, 6) is 0. The van der Waals surface area contributed by atoms with Crippen LogP contribution in [0.3, 0.4) is 0 Å². The molecular weight excluding hydrogens is 248 g/mol. The van der Waals surface area contributed by atoms with Gasteiger partial charge in [0, 0.05) is 24.0 Å². The van der Waals surface area contributed by atoms with Crippen LogP contribution in [0.25, 0.3) is 0 Å². The minimum Gasteiger partial charge on any atom is -0.385 e. The Morgan fingerprint density at radius 2 is 2.17 bits per heavy atom. The number of aryl methyl sites for hydroxylation is 2. The number of hydrogen-bond donors (Lipinski definition) is 1. The maximum absolute atomic E-state index is 10.5. The van der Waals surface area contributed by atoms with Crippen molar-refractivity contribution in [3.63, 3.8) is 0 Å². The first-order chi connectivity index (χ1) is 8.49. The molecule has 0 aliphatic heterocycles. The first-order valence-corrected chi connectivity index (χ1v) is 6.32. The molecule has 4 heteroatoms. The lowest BCUT2D eigenvalue weighted by Gasteiger charge is -2.24. The van der Waals surface area contributed by atoms with Crippen molar-refractivity contribution >= 4 is 11.6 Å². The molecule has 2 rings (SSSR count). The van der Waals surface area contributed by atoms with Crippen molar-refractivity contribution in [2.24, 2.45) is 7.05 Å². The molecule has 0 saturated heterocycles. The van der Waals surface area contributed by atoms with Crippen LogP contribution in [0, 0.1) is 0 Å². The third kappa shape index (κ3) is 2.92. The van der Waals surface area contributed by atoms with E-state index in [2.05, 4.69) is 5.10 Å². The molecular formula is C14H17ClN2O. The highest BCUT2D eigenvalue weighted by Gasteiger charge is 2.23. The van der Waals surface area contributed by atoms with E-state index in [4.69, 9.17) is 11.6 Å². The van der Waals surface area contributed by atoms with E-state index in [1.165, 1.54) is 0 Å². The van der Waals surface area contributed by atoms with Gasteiger partial charge >= 0.3 is 0 Å². The smallest absolute Gasteiger partial charge is 0.0872 e. The summed E-state index contributed by atoms with van der Waals surface area (Å²) < 4.78 is 1.83. The van der Waals surface area contributed by atoms with Crippen molar-refractivity contribution in [1.82, 2.24) is 9.78 Å². The fraction of sp³-hybridized carbons (Fsp3) is 0.357. The maximum atomic E-state index is 10.5. The summed E-state index contributed by atoms with van der Waals surface area (Å²) in [6, 6.07) is 9.34. The van der Waals surface area contributed by atoms with Crippen LogP contribution in [0.4, 0.5) is 0 Å². The molecule has 1 heterocycles. The fourth-order valence-corrected chi connectivity index (χ4v) is 2.18. The van der Waals surface area contributed by atoms with Gasteiger partial charge in [-0.3, -0.25) is 4.68 Å². The second-order valence-electron chi connectivity index (χ2n) is 4.73. The summed E-state index contributed by atoms with van der Waals surface area (Å²) >= 11 is 5.95. The number of benzene rings is 1. The Hall–Kier alpha value is -1.32. The Bertz CT molecular complexity index is 534. The average Bonchev–Trinajstić information content (AvgIpc) is 2.72. The SMILES string of the molecule is Cn1nccc1CCC(C)(O)c1cccc(Cl)c1. The van der Waals surface area contributed by atoms with E-state index in [1.54, 1.807) is 6.20 Å². The molecule has 3 nitrogen and oxygen atoms in total. The normalized spacial score (nSPS) is 14.4. The maximum Gasteiger partial charge on any atom is 0.0872 e. The summed E-state index contributed by atoms with van der Waals surface area (Å²) in [4.78, 5) is 0. The molecule has 1 unspecified atom stereocenters. The topological polar surface area (TPSA) is 38.0 Å². The number of aliphatic hydroxyl groups is 1. The largest absolute Gasteiger partial charge is 0.385 e. The van der Waals surface area contributed by atoms with E-state index in [1.807, 2.05) is 49.0 Å². The molecule has 0 fully saturated rings. The zero-order valence-electron chi connectivity index (χ0n) is 10.6. The Labute approximate surface area is 112 Å². The third-order valence-corrected chi connectivity index (χ3v) is 3.47. The number of nitrogens with zero attached hydrogens (tertiary/aromatic N) is 2. The Morgan fingerprint density at radius 3 is 2.78 bits per heavy atom. The van der Waals surface area contributed by atoms with Crippen molar-refractivity contribution in [1.29, 1.82) is 0 Å². The fourth-order valence-electron chi connectivity index (χ4n) is 1.99. The molecule has 1 aromatic carbocycles. The van der Waals surface area contributed by atoms with E-state index in [0.29, 0.717) is 11.4 Å². The quantitative estimate of drug-likeness (QED) is 0.922. The van der Waals surface area contributed by atoms with Gasteiger partial charge in [0.15, 0.2) is 0 Å². The number of rotatable bonds is 4. The summed E-state index contributed by atoms with van der Waals surface area (Å²) in [6.07, 6.45) is 3.17.